The molecule has 3 N–H and O–H groups in total. The molecule has 1 unspecified atom stereocenters. The topological polar surface area (TPSA) is 81.7 Å². The number of carboxylic acid groups (broad SMARTS) is 1. The van der Waals surface area contributed by atoms with E-state index >= 15 is 0 Å². The van der Waals surface area contributed by atoms with Crippen LogP contribution in [0.1, 0.15) is 27.2 Å². The second-order valence-electron chi connectivity index (χ2n) is 6.00. The van der Waals surface area contributed by atoms with Crippen molar-refractivity contribution in [3.63, 3.8) is 0 Å². The molecule has 0 spiro atoms. The lowest BCUT2D eigenvalue weighted by atomic mass is 9.76. The zero-order chi connectivity index (χ0) is 15.2. The number of piperazine rings is 1. The highest BCUT2D eigenvalue weighted by atomic mass is 16.4. The van der Waals surface area contributed by atoms with E-state index in [0.29, 0.717) is 6.54 Å². The van der Waals surface area contributed by atoms with E-state index in [1.165, 1.54) is 0 Å². The van der Waals surface area contributed by atoms with E-state index in [4.69, 9.17) is 0 Å². The first-order valence-corrected chi connectivity index (χ1v) is 7.29. The molecular weight excluding hydrogens is 258 g/mol. The SMILES string of the molecule is CC(C)C(C)(CC(=O)NCCN1CCNCC1)C(=O)O. The smallest absolute Gasteiger partial charge is 0.310 e. The van der Waals surface area contributed by atoms with Crippen LogP contribution in [0.5, 0.6) is 0 Å². The molecule has 116 valence electrons. The predicted molar refractivity (Wildman–Crippen MR) is 77.5 cm³/mol. The summed E-state index contributed by atoms with van der Waals surface area (Å²) >= 11 is 0. The summed E-state index contributed by atoms with van der Waals surface area (Å²) in [4.78, 5) is 25.5. The van der Waals surface area contributed by atoms with Crippen LogP contribution in [-0.4, -0.2) is 61.2 Å². The number of nitrogens with one attached hydrogen (secondary N) is 2. The summed E-state index contributed by atoms with van der Waals surface area (Å²) in [5, 5.41) is 15.4. The lowest BCUT2D eigenvalue weighted by Crippen LogP contribution is -2.46. The van der Waals surface area contributed by atoms with E-state index in [2.05, 4.69) is 15.5 Å². The minimum Gasteiger partial charge on any atom is -0.481 e. The average Bonchev–Trinajstić information content (AvgIpc) is 2.39. The van der Waals surface area contributed by atoms with Gasteiger partial charge in [0.2, 0.25) is 5.91 Å². The molecule has 1 aliphatic heterocycles. The van der Waals surface area contributed by atoms with Gasteiger partial charge in [0, 0.05) is 45.7 Å². The van der Waals surface area contributed by atoms with Crippen LogP contribution in [0.3, 0.4) is 0 Å². The summed E-state index contributed by atoms with van der Waals surface area (Å²) in [6, 6.07) is 0. The summed E-state index contributed by atoms with van der Waals surface area (Å²) in [6.07, 6.45) is 0.0293. The summed E-state index contributed by atoms with van der Waals surface area (Å²) in [7, 11) is 0. The number of carboxylic acids is 1. The van der Waals surface area contributed by atoms with Crippen LogP contribution in [0.2, 0.25) is 0 Å². The zero-order valence-electron chi connectivity index (χ0n) is 12.7. The second-order valence-corrected chi connectivity index (χ2v) is 6.00. The van der Waals surface area contributed by atoms with Gasteiger partial charge >= 0.3 is 5.97 Å². The Labute approximate surface area is 120 Å². The molecule has 1 saturated heterocycles. The maximum Gasteiger partial charge on any atom is 0.310 e. The second kappa shape index (κ2) is 7.59. The molecule has 0 bridgehead atoms. The van der Waals surface area contributed by atoms with Crippen molar-refractivity contribution in [3.05, 3.63) is 0 Å². The first kappa shape index (κ1) is 16.9. The number of carbonyl (C=O) groups excluding carboxylic acids is 1. The highest BCUT2D eigenvalue weighted by Gasteiger charge is 2.38. The molecule has 0 radical (unpaired) electrons. The van der Waals surface area contributed by atoms with E-state index in [1.807, 2.05) is 13.8 Å². The van der Waals surface area contributed by atoms with E-state index in [1.54, 1.807) is 6.92 Å². The third-order valence-electron chi connectivity index (χ3n) is 4.25. The van der Waals surface area contributed by atoms with E-state index in [0.717, 1.165) is 32.7 Å². The Morgan fingerprint density at radius 3 is 2.45 bits per heavy atom. The van der Waals surface area contributed by atoms with Crippen molar-refractivity contribution in [2.24, 2.45) is 11.3 Å². The molecule has 1 heterocycles. The van der Waals surface area contributed by atoms with Gasteiger partial charge in [0.15, 0.2) is 0 Å². The van der Waals surface area contributed by atoms with Crippen LogP contribution in [-0.2, 0) is 9.59 Å². The monoisotopic (exact) mass is 285 g/mol. The number of aliphatic carboxylic acids is 1. The van der Waals surface area contributed by atoms with Gasteiger partial charge in [0.05, 0.1) is 5.41 Å². The molecule has 0 aromatic rings. The first-order valence-electron chi connectivity index (χ1n) is 7.29. The van der Waals surface area contributed by atoms with Gasteiger partial charge in [-0.2, -0.15) is 0 Å². The Morgan fingerprint density at radius 2 is 1.95 bits per heavy atom. The van der Waals surface area contributed by atoms with Crippen LogP contribution in [0.15, 0.2) is 0 Å². The van der Waals surface area contributed by atoms with Crippen LogP contribution in [0.25, 0.3) is 0 Å². The maximum absolute atomic E-state index is 11.9. The molecule has 6 nitrogen and oxygen atoms in total. The maximum atomic E-state index is 11.9. The van der Waals surface area contributed by atoms with Crippen LogP contribution < -0.4 is 10.6 Å². The number of hydrogen-bond donors (Lipinski definition) is 3. The summed E-state index contributed by atoms with van der Waals surface area (Å²) in [5.74, 6) is -1.18. The van der Waals surface area contributed by atoms with Gasteiger partial charge in [-0.3, -0.25) is 14.5 Å². The first-order chi connectivity index (χ1) is 9.36. The Balaban J connectivity index is 2.33. The molecule has 0 aliphatic carbocycles. The molecule has 1 amide bonds. The quantitative estimate of drug-likeness (QED) is 0.620. The van der Waals surface area contributed by atoms with Gasteiger partial charge in [-0.25, -0.2) is 0 Å². The molecule has 0 aromatic heterocycles. The van der Waals surface area contributed by atoms with Crippen LogP contribution >= 0.6 is 0 Å². The van der Waals surface area contributed by atoms with E-state index in [9.17, 15) is 14.7 Å². The molecule has 1 atom stereocenters. The van der Waals surface area contributed by atoms with Crippen LogP contribution in [0, 0.1) is 11.3 Å². The Kier molecular flexibility index (Phi) is 6.42. The highest BCUT2D eigenvalue weighted by Crippen LogP contribution is 2.31. The lowest BCUT2D eigenvalue weighted by Gasteiger charge is -2.29. The van der Waals surface area contributed by atoms with Crippen LogP contribution in [0.4, 0.5) is 0 Å². The summed E-state index contributed by atoms with van der Waals surface area (Å²) < 4.78 is 0. The largest absolute Gasteiger partial charge is 0.481 e. The van der Waals surface area contributed by atoms with Gasteiger partial charge in [-0.15, -0.1) is 0 Å². The average molecular weight is 285 g/mol. The van der Waals surface area contributed by atoms with Gasteiger partial charge in [-0.05, 0) is 12.8 Å². The Bertz CT molecular complexity index is 341. The number of nitrogens with zero attached hydrogens (tertiary/aromatic N) is 1. The Hall–Kier alpha value is -1.14. The van der Waals surface area contributed by atoms with Crippen molar-refractivity contribution < 1.29 is 14.7 Å². The van der Waals surface area contributed by atoms with Crippen molar-refractivity contribution in [1.82, 2.24) is 15.5 Å². The number of rotatable bonds is 7. The van der Waals surface area contributed by atoms with Gasteiger partial charge in [-0.1, -0.05) is 13.8 Å². The fourth-order valence-corrected chi connectivity index (χ4v) is 2.21. The van der Waals surface area contributed by atoms with Crippen molar-refractivity contribution in [3.8, 4) is 0 Å². The molecule has 1 fully saturated rings. The molecule has 0 saturated carbocycles. The molecule has 6 heteroatoms. The fraction of sp³-hybridized carbons (Fsp3) is 0.857. The number of carbonyl (C=O) groups is 2. The molecule has 1 aliphatic rings. The Morgan fingerprint density at radius 1 is 1.35 bits per heavy atom. The van der Waals surface area contributed by atoms with Gasteiger partial charge < -0.3 is 15.7 Å². The van der Waals surface area contributed by atoms with Gasteiger partial charge in [0.1, 0.15) is 0 Å². The van der Waals surface area contributed by atoms with Crippen molar-refractivity contribution >= 4 is 11.9 Å². The third kappa shape index (κ3) is 4.76. The van der Waals surface area contributed by atoms with E-state index in [-0.39, 0.29) is 18.2 Å². The summed E-state index contributed by atoms with van der Waals surface area (Å²) in [6.45, 7) is 10.7. The molecule has 20 heavy (non-hydrogen) atoms. The van der Waals surface area contributed by atoms with Crippen molar-refractivity contribution in [2.75, 3.05) is 39.3 Å². The van der Waals surface area contributed by atoms with Crippen molar-refractivity contribution in [1.29, 1.82) is 0 Å². The van der Waals surface area contributed by atoms with Crippen molar-refractivity contribution in [2.45, 2.75) is 27.2 Å². The summed E-state index contributed by atoms with van der Waals surface area (Å²) in [5.41, 5.74) is -1.00. The lowest BCUT2D eigenvalue weighted by molar-refractivity contribution is -0.153. The fourth-order valence-electron chi connectivity index (χ4n) is 2.21. The molecule has 1 rings (SSSR count). The molecule has 0 aromatic carbocycles. The number of hydrogen-bond acceptors (Lipinski definition) is 4. The van der Waals surface area contributed by atoms with Gasteiger partial charge in [0.25, 0.3) is 0 Å². The van der Waals surface area contributed by atoms with E-state index < -0.39 is 11.4 Å². The normalized spacial score (nSPS) is 19.6. The molecular formula is C14H27N3O3. The third-order valence-corrected chi connectivity index (χ3v) is 4.25. The number of amides is 1. The predicted octanol–water partition coefficient (Wildman–Crippen LogP) is 0.145. The highest BCUT2D eigenvalue weighted by molar-refractivity contribution is 5.84. The zero-order valence-corrected chi connectivity index (χ0v) is 12.7. The minimum atomic E-state index is -1.00. The minimum absolute atomic E-state index is 0.0293. The standard InChI is InChI=1S/C14H27N3O3/c1-11(2)14(3,13(19)20)10-12(18)16-6-9-17-7-4-15-5-8-17/h11,15H,4-10H2,1-3H3,(H,16,18)(H,19,20).